The van der Waals surface area contributed by atoms with E-state index in [1.807, 2.05) is 19.9 Å². The summed E-state index contributed by atoms with van der Waals surface area (Å²) in [5, 5.41) is 12.8. The molecular formula is C21H22N2O3S. The highest BCUT2D eigenvalue weighted by molar-refractivity contribution is 7.16. The second-order valence-electron chi connectivity index (χ2n) is 6.88. The van der Waals surface area contributed by atoms with Crippen LogP contribution in [-0.2, 0) is 22.4 Å². The number of esters is 1. The van der Waals surface area contributed by atoms with Gasteiger partial charge in [0.1, 0.15) is 11.1 Å². The Balaban J connectivity index is 1.64. The fourth-order valence-electron chi connectivity index (χ4n) is 3.42. The minimum Gasteiger partial charge on any atom is -0.452 e. The number of ether oxygens (including phenoxy) is 1. The summed E-state index contributed by atoms with van der Waals surface area (Å²) >= 11 is 1.47. The van der Waals surface area contributed by atoms with E-state index in [9.17, 15) is 14.9 Å². The van der Waals surface area contributed by atoms with Crippen LogP contribution in [0.3, 0.4) is 0 Å². The van der Waals surface area contributed by atoms with Gasteiger partial charge in [-0.05, 0) is 57.2 Å². The van der Waals surface area contributed by atoms with Crippen LogP contribution in [0.25, 0.3) is 0 Å². The highest BCUT2D eigenvalue weighted by atomic mass is 32.1. The van der Waals surface area contributed by atoms with Crippen LogP contribution in [0.1, 0.15) is 56.8 Å². The minimum atomic E-state index is -0.528. The summed E-state index contributed by atoms with van der Waals surface area (Å²) < 4.78 is 5.14. The van der Waals surface area contributed by atoms with Crippen LogP contribution in [0.15, 0.2) is 18.2 Å². The second-order valence-corrected chi connectivity index (χ2v) is 7.99. The van der Waals surface area contributed by atoms with Crippen molar-refractivity contribution in [2.24, 2.45) is 0 Å². The Morgan fingerprint density at radius 3 is 2.56 bits per heavy atom. The Kier molecular flexibility index (Phi) is 5.92. The van der Waals surface area contributed by atoms with Gasteiger partial charge in [-0.1, -0.05) is 23.6 Å². The number of rotatable bonds is 4. The van der Waals surface area contributed by atoms with Crippen LogP contribution in [0, 0.1) is 25.2 Å². The van der Waals surface area contributed by atoms with Gasteiger partial charge in [0.15, 0.2) is 6.61 Å². The molecule has 1 N–H and O–H groups in total. The Hall–Kier alpha value is -2.65. The van der Waals surface area contributed by atoms with Crippen LogP contribution in [0.2, 0.25) is 0 Å². The number of nitriles is 1. The highest BCUT2D eigenvalue weighted by Gasteiger charge is 2.21. The maximum Gasteiger partial charge on any atom is 0.338 e. The van der Waals surface area contributed by atoms with E-state index in [0.717, 1.165) is 42.4 Å². The Morgan fingerprint density at radius 1 is 1.15 bits per heavy atom. The van der Waals surface area contributed by atoms with Gasteiger partial charge in [-0.2, -0.15) is 5.26 Å². The largest absolute Gasteiger partial charge is 0.452 e. The molecule has 0 unspecified atom stereocenters. The van der Waals surface area contributed by atoms with Crippen molar-refractivity contribution in [1.29, 1.82) is 5.26 Å². The normalized spacial score (nSPS) is 13.2. The average Bonchev–Trinajstić information content (AvgIpc) is 2.78. The van der Waals surface area contributed by atoms with E-state index in [0.29, 0.717) is 16.1 Å². The number of thiophene rings is 1. The summed E-state index contributed by atoms with van der Waals surface area (Å²) in [6.07, 6.45) is 5.18. The van der Waals surface area contributed by atoms with Gasteiger partial charge in [0.25, 0.3) is 5.91 Å². The van der Waals surface area contributed by atoms with Crippen molar-refractivity contribution < 1.29 is 14.3 Å². The van der Waals surface area contributed by atoms with E-state index in [2.05, 4.69) is 11.4 Å². The van der Waals surface area contributed by atoms with Gasteiger partial charge in [-0.15, -0.1) is 11.3 Å². The lowest BCUT2D eigenvalue weighted by atomic mass is 10.1. The lowest BCUT2D eigenvalue weighted by Gasteiger charge is -2.07. The molecule has 1 amide bonds. The molecule has 0 atom stereocenters. The molecule has 0 bridgehead atoms. The van der Waals surface area contributed by atoms with Crippen molar-refractivity contribution >= 4 is 28.2 Å². The van der Waals surface area contributed by atoms with Gasteiger partial charge in [0, 0.05) is 4.88 Å². The van der Waals surface area contributed by atoms with Crippen molar-refractivity contribution in [2.45, 2.75) is 46.0 Å². The third-order valence-electron chi connectivity index (χ3n) is 4.58. The van der Waals surface area contributed by atoms with Gasteiger partial charge in [0.2, 0.25) is 0 Å². The van der Waals surface area contributed by atoms with Crippen molar-refractivity contribution in [3.05, 3.63) is 50.9 Å². The predicted octanol–water partition coefficient (Wildman–Crippen LogP) is 4.30. The van der Waals surface area contributed by atoms with Crippen LogP contribution in [0.4, 0.5) is 5.00 Å². The van der Waals surface area contributed by atoms with E-state index in [-0.39, 0.29) is 6.61 Å². The molecular weight excluding hydrogens is 360 g/mol. The fourth-order valence-corrected chi connectivity index (χ4v) is 4.67. The maximum absolute atomic E-state index is 12.2. The summed E-state index contributed by atoms with van der Waals surface area (Å²) in [6, 6.07) is 7.66. The predicted molar refractivity (Wildman–Crippen MR) is 105 cm³/mol. The average molecular weight is 382 g/mol. The number of carbonyl (C=O) groups is 2. The first-order valence-electron chi connectivity index (χ1n) is 9.08. The van der Waals surface area contributed by atoms with Crippen LogP contribution in [-0.4, -0.2) is 18.5 Å². The van der Waals surface area contributed by atoms with Crippen molar-refractivity contribution in [3.8, 4) is 6.07 Å². The number of hydrogen-bond acceptors (Lipinski definition) is 5. The highest BCUT2D eigenvalue weighted by Crippen LogP contribution is 2.36. The van der Waals surface area contributed by atoms with E-state index in [4.69, 9.17) is 4.74 Å². The Labute approximate surface area is 163 Å². The van der Waals surface area contributed by atoms with Crippen molar-refractivity contribution in [1.82, 2.24) is 0 Å². The molecule has 0 saturated heterocycles. The number of carbonyl (C=O) groups excluding carboxylic acids is 2. The molecule has 6 heteroatoms. The Morgan fingerprint density at radius 2 is 1.85 bits per heavy atom. The number of anilines is 1. The monoisotopic (exact) mass is 382 g/mol. The molecule has 1 aliphatic carbocycles. The summed E-state index contributed by atoms with van der Waals surface area (Å²) in [5.74, 6) is -0.958. The molecule has 1 aromatic carbocycles. The van der Waals surface area contributed by atoms with Crippen LogP contribution < -0.4 is 5.32 Å². The zero-order chi connectivity index (χ0) is 19.4. The summed E-state index contributed by atoms with van der Waals surface area (Å²) in [7, 11) is 0. The number of nitrogens with one attached hydrogen (secondary N) is 1. The standard InChI is InChI=1S/C21H22N2O3S/c1-13-8-14(2)10-15(9-13)21(25)26-12-19(24)23-20-17(11-22)16-6-4-3-5-7-18(16)27-20/h8-10H,3-7,12H2,1-2H3,(H,23,24). The summed E-state index contributed by atoms with van der Waals surface area (Å²) in [5.41, 5.74) is 3.99. The third-order valence-corrected chi connectivity index (χ3v) is 5.79. The summed E-state index contributed by atoms with van der Waals surface area (Å²) in [4.78, 5) is 25.6. The smallest absolute Gasteiger partial charge is 0.338 e. The molecule has 0 fully saturated rings. The van der Waals surface area contributed by atoms with Crippen LogP contribution in [0.5, 0.6) is 0 Å². The number of nitrogens with zero attached hydrogens (tertiary/aromatic N) is 1. The zero-order valence-electron chi connectivity index (χ0n) is 15.6. The Bertz CT molecular complexity index is 904. The molecule has 0 radical (unpaired) electrons. The first-order chi connectivity index (χ1) is 13.0. The van der Waals surface area contributed by atoms with Crippen molar-refractivity contribution in [3.63, 3.8) is 0 Å². The second kappa shape index (κ2) is 8.36. The van der Waals surface area contributed by atoms with E-state index >= 15 is 0 Å². The van der Waals surface area contributed by atoms with Gasteiger partial charge >= 0.3 is 5.97 Å². The molecule has 1 aliphatic rings. The fraction of sp³-hybridized carbons (Fsp3) is 0.381. The molecule has 140 valence electrons. The lowest BCUT2D eigenvalue weighted by Crippen LogP contribution is -2.21. The van der Waals surface area contributed by atoms with Crippen LogP contribution >= 0.6 is 11.3 Å². The molecule has 1 aromatic heterocycles. The molecule has 5 nitrogen and oxygen atoms in total. The first-order valence-corrected chi connectivity index (χ1v) is 9.89. The van der Waals surface area contributed by atoms with E-state index in [1.165, 1.54) is 22.6 Å². The molecule has 3 rings (SSSR count). The number of aryl methyl sites for hydroxylation is 3. The van der Waals surface area contributed by atoms with Crippen molar-refractivity contribution in [2.75, 3.05) is 11.9 Å². The SMILES string of the molecule is Cc1cc(C)cc(C(=O)OCC(=O)Nc2sc3c(c2C#N)CCCCC3)c1. The number of hydrogen-bond donors (Lipinski definition) is 1. The van der Waals surface area contributed by atoms with Gasteiger partial charge < -0.3 is 10.1 Å². The van der Waals surface area contributed by atoms with E-state index < -0.39 is 11.9 Å². The van der Waals surface area contributed by atoms with Gasteiger partial charge in [0.05, 0.1) is 11.1 Å². The van der Waals surface area contributed by atoms with E-state index in [1.54, 1.807) is 12.1 Å². The zero-order valence-corrected chi connectivity index (χ0v) is 16.4. The van der Waals surface area contributed by atoms with Gasteiger partial charge in [-0.25, -0.2) is 4.79 Å². The van der Waals surface area contributed by atoms with Gasteiger partial charge in [-0.3, -0.25) is 4.79 Å². The molecule has 0 spiro atoms. The summed E-state index contributed by atoms with van der Waals surface area (Å²) in [6.45, 7) is 3.43. The molecule has 0 saturated carbocycles. The molecule has 1 heterocycles. The topological polar surface area (TPSA) is 79.2 Å². The first kappa shape index (κ1) is 19.1. The third kappa shape index (κ3) is 4.55. The quantitative estimate of drug-likeness (QED) is 0.631. The lowest BCUT2D eigenvalue weighted by molar-refractivity contribution is -0.119. The molecule has 0 aliphatic heterocycles. The number of amides is 1. The maximum atomic E-state index is 12.2. The molecule has 2 aromatic rings. The number of benzene rings is 1. The molecule has 27 heavy (non-hydrogen) atoms. The number of fused-ring (bicyclic) bond motifs is 1. The minimum absolute atomic E-state index is 0.376.